The zero-order valence-electron chi connectivity index (χ0n) is 15.8. The SMILES string of the molecule is CC(=O)N(C)c1nc(CSc2nnc(-c3ccc(F)cc3)c3ccccc23)cs1. The van der Waals surface area contributed by atoms with Crippen LogP contribution in [0.5, 0.6) is 0 Å². The number of amides is 1. The fourth-order valence-electron chi connectivity index (χ4n) is 2.80. The van der Waals surface area contributed by atoms with Gasteiger partial charge in [0.1, 0.15) is 16.5 Å². The molecule has 29 heavy (non-hydrogen) atoms. The van der Waals surface area contributed by atoms with Gasteiger partial charge in [-0.3, -0.25) is 9.69 Å². The minimum atomic E-state index is -0.281. The Morgan fingerprint density at radius 1 is 1.10 bits per heavy atom. The maximum atomic E-state index is 13.3. The van der Waals surface area contributed by atoms with Crippen LogP contribution in [0.25, 0.3) is 22.0 Å². The van der Waals surface area contributed by atoms with Crippen LogP contribution in [0.4, 0.5) is 9.52 Å². The summed E-state index contributed by atoms with van der Waals surface area (Å²) in [6.45, 7) is 1.51. The second kappa shape index (κ2) is 8.26. The summed E-state index contributed by atoms with van der Waals surface area (Å²) in [4.78, 5) is 17.5. The van der Waals surface area contributed by atoms with Gasteiger partial charge in [0.05, 0.1) is 5.69 Å². The molecule has 2 aromatic carbocycles. The number of fused-ring (bicyclic) bond motifs is 1. The largest absolute Gasteiger partial charge is 0.292 e. The molecule has 146 valence electrons. The monoisotopic (exact) mass is 424 g/mol. The first kappa shape index (κ1) is 19.5. The van der Waals surface area contributed by atoms with E-state index in [4.69, 9.17) is 0 Å². The average molecular weight is 425 g/mol. The molecule has 0 bridgehead atoms. The van der Waals surface area contributed by atoms with Gasteiger partial charge in [0.25, 0.3) is 0 Å². The van der Waals surface area contributed by atoms with Crippen molar-refractivity contribution in [1.82, 2.24) is 15.2 Å². The molecule has 0 aliphatic carbocycles. The maximum absolute atomic E-state index is 13.3. The lowest BCUT2D eigenvalue weighted by Gasteiger charge is -2.10. The normalized spacial score (nSPS) is 11.0. The van der Waals surface area contributed by atoms with E-state index in [9.17, 15) is 9.18 Å². The first-order valence-corrected chi connectivity index (χ1v) is 10.7. The maximum Gasteiger partial charge on any atom is 0.225 e. The lowest BCUT2D eigenvalue weighted by Crippen LogP contribution is -2.22. The number of carbonyl (C=O) groups is 1. The van der Waals surface area contributed by atoms with Gasteiger partial charge in [-0.05, 0) is 24.3 Å². The molecule has 0 saturated carbocycles. The third kappa shape index (κ3) is 4.13. The number of nitrogens with zero attached hydrogens (tertiary/aromatic N) is 4. The van der Waals surface area contributed by atoms with Gasteiger partial charge in [0.15, 0.2) is 5.13 Å². The molecule has 5 nitrogen and oxygen atoms in total. The summed E-state index contributed by atoms with van der Waals surface area (Å²) in [5.74, 6) is 0.291. The van der Waals surface area contributed by atoms with Crippen LogP contribution in [0.1, 0.15) is 12.6 Å². The van der Waals surface area contributed by atoms with E-state index in [0.29, 0.717) is 10.9 Å². The van der Waals surface area contributed by atoms with Crippen molar-refractivity contribution in [1.29, 1.82) is 0 Å². The van der Waals surface area contributed by atoms with Gasteiger partial charge in [0, 0.05) is 41.4 Å². The van der Waals surface area contributed by atoms with E-state index in [1.54, 1.807) is 30.9 Å². The molecular formula is C21H17FN4OS2. The second-order valence-corrected chi connectivity index (χ2v) is 8.19. The highest BCUT2D eigenvalue weighted by atomic mass is 32.2. The van der Waals surface area contributed by atoms with Gasteiger partial charge in [-0.25, -0.2) is 9.37 Å². The van der Waals surface area contributed by atoms with E-state index < -0.39 is 0 Å². The van der Waals surface area contributed by atoms with Gasteiger partial charge in [-0.1, -0.05) is 36.0 Å². The van der Waals surface area contributed by atoms with Crippen molar-refractivity contribution in [3.05, 3.63) is 65.4 Å². The van der Waals surface area contributed by atoms with E-state index in [0.717, 1.165) is 32.7 Å². The number of carbonyl (C=O) groups excluding carboxylic acids is 1. The van der Waals surface area contributed by atoms with E-state index in [2.05, 4.69) is 15.2 Å². The number of aromatic nitrogens is 3. The summed E-state index contributed by atoms with van der Waals surface area (Å²) >= 11 is 2.99. The van der Waals surface area contributed by atoms with Crippen molar-refractivity contribution in [3.8, 4) is 11.3 Å². The molecular weight excluding hydrogens is 407 g/mol. The Morgan fingerprint density at radius 2 is 1.83 bits per heavy atom. The standard InChI is InChI=1S/C21H17FN4OS2/c1-13(27)26(2)21-23-16(12-29-21)11-28-20-18-6-4-3-5-17(18)19(24-25-20)14-7-9-15(22)10-8-14/h3-10,12H,11H2,1-2H3. The molecule has 8 heteroatoms. The predicted octanol–water partition coefficient (Wildman–Crippen LogP) is 5.17. The highest BCUT2D eigenvalue weighted by molar-refractivity contribution is 7.98. The van der Waals surface area contributed by atoms with Crippen LogP contribution in [0.15, 0.2) is 58.9 Å². The Bertz CT molecular complexity index is 1180. The Kier molecular flexibility index (Phi) is 5.55. The van der Waals surface area contributed by atoms with Crippen LogP contribution < -0.4 is 4.90 Å². The topological polar surface area (TPSA) is 59.0 Å². The lowest BCUT2D eigenvalue weighted by atomic mass is 10.1. The summed E-state index contributed by atoms with van der Waals surface area (Å²) in [5.41, 5.74) is 2.43. The number of thiazole rings is 1. The molecule has 4 aromatic rings. The zero-order valence-corrected chi connectivity index (χ0v) is 17.4. The van der Waals surface area contributed by atoms with Gasteiger partial charge < -0.3 is 0 Å². The Labute approximate surface area is 175 Å². The Morgan fingerprint density at radius 3 is 2.55 bits per heavy atom. The molecule has 0 atom stereocenters. The molecule has 4 rings (SSSR count). The molecule has 2 heterocycles. The third-order valence-corrected chi connectivity index (χ3v) is 6.41. The quantitative estimate of drug-likeness (QED) is 0.414. The van der Waals surface area contributed by atoms with Gasteiger partial charge in [-0.2, -0.15) is 0 Å². The third-order valence-electron chi connectivity index (χ3n) is 4.43. The molecule has 0 fully saturated rings. The molecule has 0 unspecified atom stereocenters. The number of benzene rings is 2. The van der Waals surface area contributed by atoms with Crippen molar-refractivity contribution in [2.24, 2.45) is 0 Å². The van der Waals surface area contributed by atoms with Crippen LogP contribution in [-0.2, 0) is 10.5 Å². The summed E-state index contributed by atoms with van der Waals surface area (Å²) in [6.07, 6.45) is 0. The molecule has 0 aliphatic heterocycles. The Hall–Kier alpha value is -2.84. The van der Waals surface area contributed by atoms with E-state index in [-0.39, 0.29) is 11.7 Å². The molecule has 0 saturated heterocycles. The average Bonchev–Trinajstić information content (AvgIpc) is 3.21. The molecule has 2 aromatic heterocycles. The highest BCUT2D eigenvalue weighted by Gasteiger charge is 2.14. The molecule has 1 amide bonds. The van der Waals surface area contributed by atoms with E-state index >= 15 is 0 Å². The molecule has 0 N–H and O–H groups in total. The molecule has 0 radical (unpaired) electrons. The predicted molar refractivity (Wildman–Crippen MR) is 116 cm³/mol. The number of hydrogen-bond acceptors (Lipinski definition) is 6. The number of thioether (sulfide) groups is 1. The zero-order chi connectivity index (χ0) is 20.4. The van der Waals surface area contributed by atoms with Crippen molar-refractivity contribution in [2.45, 2.75) is 17.7 Å². The summed E-state index contributed by atoms with van der Waals surface area (Å²) in [5, 5.41) is 14.2. The van der Waals surface area contributed by atoms with Gasteiger partial charge in [0.2, 0.25) is 5.91 Å². The summed E-state index contributed by atoms with van der Waals surface area (Å²) in [6, 6.07) is 14.2. The smallest absolute Gasteiger partial charge is 0.225 e. The fourth-order valence-corrected chi connectivity index (χ4v) is 4.60. The number of hydrogen-bond donors (Lipinski definition) is 0. The van der Waals surface area contributed by atoms with Crippen LogP contribution in [-0.4, -0.2) is 28.1 Å². The molecule has 0 spiro atoms. The van der Waals surface area contributed by atoms with Gasteiger partial charge in [-0.15, -0.1) is 21.5 Å². The number of halogens is 1. The summed E-state index contributed by atoms with van der Waals surface area (Å²) < 4.78 is 13.3. The lowest BCUT2D eigenvalue weighted by molar-refractivity contribution is -0.116. The minimum absolute atomic E-state index is 0.0493. The Balaban J connectivity index is 1.61. The van der Waals surface area contributed by atoms with Crippen LogP contribution >= 0.6 is 23.1 Å². The van der Waals surface area contributed by atoms with Crippen molar-refractivity contribution >= 4 is 44.9 Å². The molecule has 0 aliphatic rings. The highest BCUT2D eigenvalue weighted by Crippen LogP contribution is 2.33. The summed E-state index contributed by atoms with van der Waals surface area (Å²) in [7, 11) is 1.71. The first-order chi connectivity index (χ1) is 14.0. The van der Waals surface area contributed by atoms with Gasteiger partial charge >= 0.3 is 0 Å². The van der Waals surface area contributed by atoms with E-state index in [1.165, 1.54) is 35.3 Å². The number of anilines is 1. The van der Waals surface area contributed by atoms with Crippen LogP contribution in [0, 0.1) is 5.82 Å². The minimum Gasteiger partial charge on any atom is -0.292 e. The van der Waals surface area contributed by atoms with Crippen LogP contribution in [0.2, 0.25) is 0 Å². The van der Waals surface area contributed by atoms with Crippen LogP contribution in [0.3, 0.4) is 0 Å². The second-order valence-electron chi connectivity index (χ2n) is 6.39. The first-order valence-electron chi connectivity index (χ1n) is 8.86. The van der Waals surface area contributed by atoms with Crippen molar-refractivity contribution < 1.29 is 9.18 Å². The van der Waals surface area contributed by atoms with Crippen molar-refractivity contribution in [2.75, 3.05) is 11.9 Å². The number of rotatable bonds is 5. The fraction of sp³-hybridized carbons (Fsp3) is 0.143. The van der Waals surface area contributed by atoms with Crippen molar-refractivity contribution in [3.63, 3.8) is 0 Å². The van der Waals surface area contributed by atoms with E-state index in [1.807, 2.05) is 29.6 Å².